The number of fused-ring (bicyclic) bond motifs is 1. The number of ether oxygens (including phenoxy) is 1. The second-order valence-electron chi connectivity index (χ2n) is 6.84. The van der Waals surface area contributed by atoms with E-state index in [2.05, 4.69) is 15.3 Å². The number of hydrogen-bond acceptors (Lipinski definition) is 7. The van der Waals surface area contributed by atoms with Gasteiger partial charge in [0.15, 0.2) is 5.70 Å². The maximum absolute atomic E-state index is 13.3. The lowest BCUT2D eigenvalue weighted by atomic mass is 10.1. The van der Waals surface area contributed by atoms with Crippen molar-refractivity contribution in [1.29, 1.82) is 0 Å². The molecule has 1 amide bonds. The van der Waals surface area contributed by atoms with Crippen LogP contribution in [-0.2, 0) is 9.53 Å². The van der Waals surface area contributed by atoms with Crippen LogP contribution in [0.3, 0.4) is 0 Å². The fraction of sp³-hybridized carbons (Fsp3) is 0.368. The van der Waals surface area contributed by atoms with Crippen molar-refractivity contribution in [2.75, 3.05) is 26.7 Å². The maximum atomic E-state index is 13.3. The number of nitrogens with zero attached hydrogens (tertiary/aromatic N) is 5. The number of hydrazone groups is 1. The second kappa shape index (κ2) is 7.41. The molecule has 1 fully saturated rings. The van der Waals surface area contributed by atoms with Gasteiger partial charge >= 0.3 is 0 Å². The number of likely N-dealkylation sites (N-methyl/N-ethyl adjacent to an activating group) is 1. The Morgan fingerprint density at radius 1 is 1.25 bits per heavy atom. The van der Waals surface area contributed by atoms with Gasteiger partial charge in [0.2, 0.25) is 5.90 Å². The van der Waals surface area contributed by atoms with Gasteiger partial charge in [-0.3, -0.25) is 9.80 Å². The SMILES string of the molecule is CN1CCN2N=C(C3=NN=C(CC4=CC=C(F)CC=C4)OC3)CC(O)=C2C1=O. The van der Waals surface area contributed by atoms with Crippen molar-refractivity contribution in [2.24, 2.45) is 15.3 Å². The molecule has 4 aliphatic rings. The molecule has 0 radical (unpaired) electrons. The van der Waals surface area contributed by atoms with E-state index in [0.717, 1.165) is 5.57 Å². The zero-order valence-corrected chi connectivity index (χ0v) is 15.4. The van der Waals surface area contributed by atoms with E-state index >= 15 is 0 Å². The summed E-state index contributed by atoms with van der Waals surface area (Å²) < 4.78 is 18.9. The van der Waals surface area contributed by atoms with Gasteiger partial charge in [-0.25, -0.2) is 4.39 Å². The zero-order chi connectivity index (χ0) is 19.7. The van der Waals surface area contributed by atoms with Gasteiger partial charge in [0.05, 0.1) is 25.1 Å². The highest BCUT2D eigenvalue weighted by Gasteiger charge is 2.35. The number of allylic oxidation sites excluding steroid dienone is 6. The van der Waals surface area contributed by atoms with Crippen LogP contribution >= 0.6 is 0 Å². The minimum absolute atomic E-state index is 0.0263. The van der Waals surface area contributed by atoms with Crippen LogP contribution in [0.5, 0.6) is 0 Å². The molecule has 0 atom stereocenters. The van der Waals surface area contributed by atoms with Crippen LogP contribution in [0, 0.1) is 0 Å². The fourth-order valence-corrected chi connectivity index (χ4v) is 3.19. The van der Waals surface area contributed by atoms with Gasteiger partial charge in [0.1, 0.15) is 23.9 Å². The van der Waals surface area contributed by atoms with E-state index in [1.165, 1.54) is 11.1 Å². The van der Waals surface area contributed by atoms with Crippen molar-refractivity contribution in [3.05, 3.63) is 47.2 Å². The maximum Gasteiger partial charge on any atom is 0.275 e. The summed E-state index contributed by atoms with van der Waals surface area (Å²) in [6.07, 6.45) is 7.53. The summed E-state index contributed by atoms with van der Waals surface area (Å²) in [5.74, 6) is -0.0320. The number of rotatable bonds is 3. The van der Waals surface area contributed by atoms with Gasteiger partial charge in [-0.1, -0.05) is 18.2 Å². The number of piperazine rings is 1. The standard InChI is InChI=1S/C19H20FN5O3/c1-24-7-8-25-18(19(24)27)16(26)10-14(23-25)15-11-28-17(22-21-15)9-12-3-2-4-13(20)6-5-12/h2-3,5-6,26H,4,7-11H2,1H3. The van der Waals surface area contributed by atoms with E-state index < -0.39 is 0 Å². The topological polar surface area (TPSA) is 90.1 Å². The Hall–Kier alpha value is -3.23. The van der Waals surface area contributed by atoms with Crippen LogP contribution in [0.25, 0.3) is 0 Å². The molecule has 1 N–H and O–H groups in total. The van der Waals surface area contributed by atoms with Crippen molar-refractivity contribution in [3.63, 3.8) is 0 Å². The lowest BCUT2D eigenvalue weighted by Gasteiger charge is -2.35. The number of carbonyl (C=O) groups is 1. The molecule has 0 spiro atoms. The Bertz CT molecular complexity index is 926. The summed E-state index contributed by atoms with van der Waals surface area (Å²) >= 11 is 0. The Morgan fingerprint density at radius 2 is 2.11 bits per heavy atom. The van der Waals surface area contributed by atoms with Crippen molar-refractivity contribution in [1.82, 2.24) is 9.91 Å². The molecule has 8 nitrogen and oxygen atoms in total. The number of carbonyl (C=O) groups excluding carboxylic acids is 1. The van der Waals surface area contributed by atoms with Gasteiger partial charge in [-0.2, -0.15) is 5.10 Å². The summed E-state index contributed by atoms with van der Waals surface area (Å²) in [7, 11) is 1.69. The first-order chi connectivity index (χ1) is 13.5. The molecule has 3 aliphatic heterocycles. The molecule has 0 aromatic rings. The third-order valence-corrected chi connectivity index (χ3v) is 4.77. The molecule has 0 aromatic heterocycles. The Balaban J connectivity index is 1.48. The van der Waals surface area contributed by atoms with E-state index in [9.17, 15) is 14.3 Å². The quantitative estimate of drug-likeness (QED) is 0.807. The highest BCUT2D eigenvalue weighted by Crippen LogP contribution is 2.25. The first kappa shape index (κ1) is 18.1. The highest BCUT2D eigenvalue weighted by atomic mass is 19.1. The van der Waals surface area contributed by atoms with Crippen LogP contribution in [0.2, 0.25) is 0 Å². The predicted molar refractivity (Wildman–Crippen MR) is 103 cm³/mol. The van der Waals surface area contributed by atoms with Crippen molar-refractivity contribution >= 4 is 23.2 Å². The Kier molecular flexibility index (Phi) is 4.81. The van der Waals surface area contributed by atoms with Crippen molar-refractivity contribution < 1.29 is 19.0 Å². The molecule has 4 rings (SSSR count). The largest absolute Gasteiger partial charge is 0.509 e. The molecule has 0 unspecified atom stereocenters. The van der Waals surface area contributed by atoms with E-state index in [1.807, 2.05) is 6.08 Å². The van der Waals surface area contributed by atoms with Crippen LogP contribution in [-0.4, -0.2) is 65.0 Å². The van der Waals surface area contributed by atoms with Gasteiger partial charge in [-0.05, 0) is 11.6 Å². The summed E-state index contributed by atoms with van der Waals surface area (Å²) in [6, 6.07) is 0. The predicted octanol–water partition coefficient (Wildman–Crippen LogP) is 2.20. The van der Waals surface area contributed by atoms with Crippen LogP contribution in [0.4, 0.5) is 4.39 Å². The molecule has 146 valence electrons. The number of halogens is 1. The van der Waals surface area contributed by atoms with E-state index in [-0.39, 0.29) is 42.6 Å². The molecule has 1 saturated heterocycles. The first-order valence-corrected chi connectivity index (χ1v) is 9.02. The van der Waals surface area contributed by atoms with Gasteiger partial charge in [0, 0.05) is 20.0 Å². The molecular weight excluding hydrogens is 365 g/mol. The lowest BCUT2D eigenvalue weighted by Crippen LogP contribution is -2.47. The molecular formula is C19H20FN5O3. The summed E-state index contributed by atoms with van der Waals surface area (Å²) in [5, 5.41) is 24.6. The summed E-state index contributed by atoms with van der Waals surface area (Å²) in [6.45, 7) is 1.19. The fourth-order valence-electron chi connectivity index (χ4n) is 3.19. The van der Waals surface area contributed by atoms with Gasteiger partial charge < -0.3 is 14.7 Å². The number of amides is 1. The van der Waals surface area contributed by atoms with Gasteiger partial charge in [-0.15, -0.1) is 10.2 Å². The Morgan fingerprint density at radius 3 is 2.89 bits per heavy atom. The number of aliphatic hydroxyl groups is 1. The number of hydrogen-bond donors (Lipinski definition) is 1. The van der Waals surface area contributed by atoms with Crippen LogP contribution in [0.15, 0.2) is 62.5 Å². The molecule has 3 heterocycles. The lowest BCUT2D eigenvalue weighted by molar-refractivity contribution is -0.130. The van der Waals surface area contributed by atoms with E-state index in [4.69, 9.17) is 4.74 Å². The molecule has 0 aromatic carbocycles. The minimum Gasteiger partial charge on any atom is -0.509 e. The monoisotopic (exact) mass is 385 g/mol. The smallest absolute Gasteiger partial charge is 0.275 e. The summed E-state index contributed by atoms with van der Waals surface area (Å²) in [4.78, 5) is 13.8. The third kappa shape index (κ3) is 3.60. The zero-order valence-electron chi connectivity index (χ0n) is 15.4. The molecule has 28 heavy (non-hydrogen) atoms. The second-order valence-corrected chi connectivity index (χ2v) is 6.84. The third-order valence-electron chi connectivity index (χ3n) is 4.77. The summed E-state index contributed by atoms with van der Waals surface area (Å²) in [5.41, 5.74) is 2.13. The molecule has 1 aliphatic carbocycles. The minimum atomic E-state index is -0.246. The number of aliphatic hydroxyl groups excluding tert-OH is 1. The molecule has 0 bridgehead atoms. The van der Waals surface area contributed by atoms with Crippen LogP contribution in [0.1, 0.15) is 19.3 Å². The normalized spacial score (nSPS) is 22.5. The van der Waals surface area contributed by atoms with E-state index in [0.29, 0.717) is 36.8 Å². The molecule has 9 heteroatoms. The highest BCUT2D eigenvalue weighted by molar-refractivity contribution is 6.44. The van der Waals surface area contributed by atoms with Gasteiger partial charge in [0.25, 0.3) is 5.91 Å². The van der Waals surface area contributed by atoms with Crippen LogP contribution < -0.4 is 0 Å². The van der Waals surface area contributed by atoms with Crippen molar-refractivity contribution in [3.8, 4) is 0 Å². The Labute approximate surface area is 161 Å². The van der Waals surface area contributed by atoms with E-state index in [1.54, 1.807) is 24.1 Å². The average Bonchev–Trinajstić information content (AvgIpc) is 2.89. The van der Waals surface area contributed by atoms with Crippen molar-refractivity contribution in [2.45, 2.75) is 19.3 Å². The average molecular weight is 385 g/mol. The first-order valence-electron chi connectivity index (χ1n) is 9.02. The molecule has 0 saturated carbocycles.